The van der Waals surface area contributed by atoms with Crippen molar-refractivity contribution in [3.05, 3.63) is 96.0 Å². The Labute approximate surface area is 168 Å². The number of nitrogen functional groups attached to an aromatic ring is 1. The number of benzene rings is 4. The van der Waals surface area contributed by atoms with Crippen LogP contribution in [-0.2, 0) is 0 Å². The molecule has 0 atom stereocenters. The number of halogens is 1. The van der Waals surface area contributed by atoms with Crippen LogP contribution in [0.3, 0.4) is 0 Å². The lowest BCUT2D eigenvalue weighted by Crippen LogP contribution is -1.91. The van der Waals surface area contributed by atoms with Crippen molar-refractivity contribution in [1.82, 2.24) is 4.98 Å². The maximum Gasteiger partial charge on any atom is 0.0709 e. The average molecular weight is 381 g/mol. The van der Waals surface area contributed by atoms with Crippen molar-refractivity contribution in [1.29, 1.82) is 0 Å². The quantitative estimate of drug-likeness (QED) is 0.336. The van der Waals surface area contributed by atoms with Crippen LogP contribution in [0.15, 0.2) is 91.0 Å². The Morgan fingerprint density at radius 2 is 1.39 bits per heavy atom. The van der Waals surface area contributed by atoms with E-state index in [0.717, 1.165) is 33.3 Å². The van der Waals surface area contributed by atoms with E-state index in [9.17, 15) is 0 Å². The lowest BCUT2D eigenvalue weighted by Gasteiger charge is -2.09. The van der Waals surface area contributed by atoms with Gasteiger partial charge in [0, 0.05) is 27.2 Å². The van der Waals surface area contributed by atoms with Crippen LogP contribution < -0.4 is 5.73 Å². The molecule has 4 aromatic carbocycles. The summed E-state index contributed by atoms with van der Waals surface area (Å²) in [6.45, 7) is 0. The third-order valence-electron chi connectivity index (χ3n) is 5.06. The Hall–Kier alpha value is -3.36. The normalized spacial score (nSPS) is 11.2. The molecule has 0 aliphatic carbocycles. The van der Waals surface area contributed by atoms with Crippen LogP contribution in [-0.4, -0.2) is 4.98 Å². The van der Waals surface area contributed by atoms with Gasteiger partial charge in [0.25, 0.3) is 0 Å². The number of rotatable bonds is 2. The molecule has 0 spiro atoms. The van der Waals surface area contributed by atoms with Gasteiger partial charge in [-0.2, -0.15) is 0 Å². The first-order valence-electron chi connectivity index (χ1n) is 9.13. The van der Waals surface area contributed by atoms with Crippen molar-refractivity contribution in [2.24, 2.45) is 0 Å². The zero-order chi connectivity index (χ0) is 19.1. The number of nitrogens with two attached hydrogens (primary N) is 1. The van der Waals surface area contributed by atoms with E-state index in [4.69, 9.17) is 22.3 Å². The number of pyridine rings is 1. The highest BCUT2D eigenvalue weighted by molar-refractivity contribution is 6.31. The lowest BCUT2D eigenvalue weighted by molar-refractivity contribution is 1.40. The molecule has 0 fully saturated rings. The van der Waals surface area contributed by atoms with Gasteiger partial charge in [0.2, 0.25) is 0 Å². The van der Waals surface area contributed by atoms with Crippen molar-refractivity contribution >= 4 is 39.0 Å². The number of nitrogens with zero attached hydrogens (tertiary/aromatic N) is 1. The lowest BCUT2D eigenvalue weighted by atomic mass is 10.0. The number of fused-ring (bicyclic) bond motifs is 2. The minimum absolute atomic E-state index is 0.675. The molecule has 0 aliphatic rings. The first-order chi connectivity index (χ1) is 13.7. The molecule has 0 radical (unpaired) electrons. The molecule has 0 amide bonds. The minimum atomic E-state index is 0.675. The highest BCUT2D eigenvalue weighted by Crippen LogP contribution is 2.32. The molecule has 0 bridgehead atoms. The average Bonchev–Trinajstić information content (AvgIpc) is 2.74. The van der Waals surface area contributed by atoms with Crippen LogP contribution in [0.4, 0.5) is 5.69 Å². The highest BCUT2D eigenvalue weighted by Gasteiger charge is 2.07. The first-order valence-corrected chi connectivity index (χ1v) is 9.50. The SMILES string of the molecule is Nc1ccc(Cl)cc1-c1ccc2nc(-c3ccc4ccccc4c3)ccc2c1. The Morgan fingerprint density at radius 1 is 0.643 bits per heavy atom. The third kappa shape index (κ3) is 2.98. The molecule has 28 heavy (non-hydrogen) atoms. The summed E-state index contributed by atoms with van der Waals surface area (Å²) >= 11 is 6.15. The Kier molecular flexibility index (Phi) is 4.00. The van der Waals surface area contributed by atoms with Crippen LogP contribution in [0.5, 0.6) is 0 Å². The zero-order valence-corrected chi connectivity index (χ0v) is 15.8. The van der Waals surface area contributed by atoms with Gasteiger partial charge in [-0.15, -0.1) is 0 Å². The van der Waals surface area contributed by atoms with Gasteiger partial charge in [0.15, 0.2) is 0 Å². The van der Waals surface area contributed by atoms with Crippen molar-refractivity contribution < 1.29 is 0 Å². The fourth-order valence-electron chi connectivity index (χ4n) is 3.58. The van der Waals surface area contributed by atoms with E-state index in [0.29, 0.717) is 10.7 Å². The molecule has 3 heteroatoms. The molecule has 134 valence electrons. The Balaban J connectivity index is 1.59. The summed E-state index contributed by atoms with van der Waals surface area (Å²) in [7, 11) is 0. The fraction of sp³-hybridized carbons (Fsp3) is 0. The van der Waals surface area contributed by atoms with E-state index in [1.54, 1.807) is 6.07 Å². The topological polar surface area (TPSA) is 38.9 Å². The molecule has 0 unspecified atom stereocenters. The van der Waals surface area contributed by atoms with Gasteiger partial charge >= 0.3 is 0 Å². The molecule has 1 heterocycles. The van der Waals surface area contributed by atoms with Crippen molar-refractivity contribution in [3.63, 3.8) is 0 Å². The maximum atomic E-state index is 6.15. The number of hydrogen-bond donors (Lipinski definition) is 1. The molecule has 2 N–H and O–H groups in total. The smallest absolute Gasteiger partial charge is 0.0709 e. The second-order valence-electron chi connectivity index (χ2n) is 6.90. The summed E-state index contributed by atoms with van der Waals surface area (Å²) in [5.41, 5.74) is 11.9. The van der Waals surface area contributed by atoms with Crippen molar-refractivity contribution in [2.45, 2.75) is 0 Å². The Morgan fingerprint density at radius 3 is 2.29 bits per heavy atom. The maximum absolute atomic E-state index is 6.15. The molecule has 5 aromatic rings. The number of hydrogen-bond acceptors (Lipinski definition) is 2. The predicted octanol–water partition coefficient (Wildman–Crippen LogP) is 6.96. The van der Waals surface area contributed by atoms with Gasteiger partial charge < -0.3 is 5.73 Å². The molecule has 0 saturated carbocycles. The minimum Gasteiger partial charge on any atom is -0.398 e. The second-order valence-corrected chi connectivity index (χ2v) is 7.33. The Bertz CT molecular complexity index is 1340. The van der Waals surface area contributed by atoms with Crippen LogP contribution in [0.2, 0.25) is 5.02 Å². The standard InChI is InChI=1S/C25H17ClN2/c26-21-9-10-23(27)22(15-21)18-7-11-24-20(14-18)8-12-25(28-24)19-6-5-16-3-1-2-4-17(16)13-19/h1-15H,27H2. The van der Waals surface area contributed by atoms with E-state index < -0.39 is 0 Å². The summed E-state index contributed by atoms with van der Waals surface area (Å²) in [6, 6.07) is 30.7. The molecule has 0 aliphatic heterocycles. The highest BCUT2D eigenvalue weighted by atomic mass is 35.5. The van der Waals surface area contributed by atoms with Gasteiger partial charge in [-0.1, -0.05) is 60.1 Å². The molecule has 0 saturated heterocycles. The fourth-order valence-corrected chi connectivity index (χ4v) is 3.75. The van der Waals surface area contributed by atoms with E-state index in [1.165, 1.54) is 10.8 Å². The van der Waals surface area contributed by atoms with Gasteiger partial charge in [0.05, 0.1) is 11.2 Å². The number of aromatic nitrogens is 1. The summed E-state index contributed by atoms with van der Waals surface area (Å²) in [6.07, 6.45) is 0. The van der Waals surface area contributed by atoms with E-state index in [1.807, 2.05) is 24.3 Å². The van der Waals surface area contributed by atoms with Gasteiger partial charge in [0.1, 0.15) is 0 Å². The third-order valence-corrected chi connectivity index (χ3v) is 5.30. The van der Waals surface area contributed by atoms with E-state index in [-0.39, 0.29) is 0 Å². The van der Waals surface area contributed by atoms with Gasteiger partial charge in [-0.3, -0.25) is 0 Å². The summed E-state index contributed by atoms with van der Waals surface area (Å²) in [4.78, 5) is 4.87. The van der Waals surface area contributed by atoms with Crippen LogP contribution in [0.25, 0.3) is 44.1 Å². The van der Waals surface area contributed by atoms with E-state index in [2.05, 4.69) is 60.7 Å². The van der Waals surface area contributed by atoms with Crippen LogP contribution in [0.1, 0.15) is 0 Å². The largest absolute Gasteiger partial charge is 0.398 e. The molecule has 1 aromatic heterocycles. The predicted molar refractivity (Wildman–Crippen MR) is 120 cm³/mol. The van der Waals surface area contributed by atoms with Crippen molar-refractivity contribution in [2.75, 3.05) is 5.73 Å². The zero-order valence-electron chi connectivity index (χ0n) is 15.1. The van der Waals surface area contributed by atoms with Crippen LogP contribution >= 0.6 is 11.6 Å². The second kappa shape index (κ2) is 6.66. The molecule has 2 nitrogen and oxygen atoms in total. The van der Waals surface area contributed by atoms with Gasteiger partial charge in [-0.05, 0) is 58.8 Å². The molecular weight excluding hydrogens is 364 g/mol. The first kappa shape index (κ1) is 16.8. The molecule has 5 rings (SSSR count). The number of anilines is 1. The van der Waals surface area contributed by atoms with Crippen LogP contribution in [0, 0.1) is 0 Å². The van der Waals surface area contributed by atoms with E-state index >= 15 is 0 Å². The summed E-state index contributed by atoms with van der Waals surface area (Å²) in [5, 5.41) is 4.19. The summed E-state index contributed by atoms with van der Waals surface area (Å²) < 4.78 is 0. The monoisotopic (exact) mass is 380 g/mol. The summed E-state index contributed by atoms with van der Waals surface area (Å²) in [5.74, 6) is 0. The van der Waals surface area contributed by atoms with Crippen molar-refractivity contribution in [3.8, 4) is 22.4 Å². The van der Waals surface area contributed by atoms with Gasteiger partial charge in [-0.25, -0.2) is 4.98 Å². The molecular formula is C25H17ClN2.